The van der Waals surface area contributed by atoms with Crippen molar-refractivity contribution in [1.29, 1.82) is 0 Å². The second-order valence-corrected chi connectivity index (χ2v) is 5.67. The lowest BCUT2D eigenvalue weighted by atomic mass is 10.1. The zero-order valence-electron chi connectivity index (χ0n) is 12.5. The Labute approximate surface area is 130 Å². The van der Waals surface area contributed by atoms with Gasteiger partial charge in [-0.15, -0.1) is 0 Å². The molecule has 0 atom stereocenters. The summed E-state index contributed by atoms with van der Waals surface area (Å²) in [4.78, 5) is 12.0. The van der Waals surface area contributed by atoms with Gasteiger partial charge in [0, 0.05) is 16.4 Å². The SMILES string of the molecule is Cc1cc(C)cc(NC(=O)CNc2cc(Cl)ccc2C)c1. The number of halogens is 1. The van der Waals surface area contributed by atoms with Gasteiger partial charge in [0.05, 0.1) is 6.54 Å². The van der Waals surface area contributed by atoms with Gasteiger partial charge in [0.15, 0.2) is 0 Å². The number of hydrogen-bond donors (Lipinski definition) is 2. The van der Waals surface area contributed by atoms with E-state index in [1.165, 1.54) is 0 Å². The number of anilines is 2. The molecule has 4 heteroatoms. The number of aryl methyl sites for hydroxylation is 3. The van der Waals surface area contributed by atoms with Crippen molar-refractivity contribution in [3.05, 3.63) is 58.1 Å². The molecule has 0 spiro atoms. The lowest BCUT2D eigenvalue weighted by Crippen LogP contribution is -2.22. The van der Waals surface area contributed by atoms with E-state index in [1.807, 2.05) is 51.1 Å². The molecule has 0 aliphatic rings. The summed E-state index contributed by atoms with van der Waals surface area (Å²) >= 11 is 5.96. The molecule has 0 bridgehead atoms. The highest BCUT2D eigenvalue weighted by molar-refractivity contribution is 6.30. The Morgan fingerprint density at radius 1 is 1.05 bits per heavy atom. The molecule has 0 aliphatic carbocycles. The van der Waals surface area contributed by atoms with E-state index in [9.17, 15) is 4.79 Å². The topological polar surface area (TPSA) is 41.1 Å². The smallest absolute Gasteiger partial charge is 0.243 e. The molecule has 110 valence electrons. The highest BCUT2D eigenvalue weighted by atomic mass is 35.5. The van der Waals surface area contributed by atoms with Gasteiger partial charge in [0.25, 0.3) is 0 Å². The molecule has 2 aromatic carbocycles. The maximum absolute atomic E-state index is 12.0. The van der Waals surface area contributed by atoms with Crippen LogP contribution in [0.15, 0.2) is 36.4 Å². The van der Waals surface area contributed by atoms with Crippen LogP contribution in [0.5, 0.6) is 0 Å². The van der Waals surface area contributed by atoms with Gasteiger partial charge in [-0.25, -0.2) is 0 Å². The summed E-state index contributed by atoms with van der Waals surface area (Å²) in [5.41, 5.74) is 5.01. The van der Waals surface area contributed by atoms with Crippen LogP contribution in [0.25, 0.3) is 0 Å². The van der Waals surface area contributed by atoms with Crippen molar-refractivity contribution in [2.45, 2.75) is 20.8 Å². The van der Waals surface area contributed by atoms with E-state index in [0.29, 0.717) is 5.02 Å². The van der Waals surface area contributed by atoms with Gasteiger partial charge in [-0.3, -0.25) is 4.79 Å². The molecule has 0 saturated heterocycles. The second-order valence-electron chi connectivity index (χ2n) is 5.24. The van der Waals surface area contributed by atoms with Crippen LogP contribution in [0.1, 0.15) is 16.7 Å². The third kappa shape index (κ3) is 4.50. The van der Waals surface area contributed by atoms with E-state index >= 15 is 0 Å². The van der Waals surface area contributed by atoms with Gasteiger partial charge in [-0.05, 0) is 61.7 Å². The predicted molar refractivity (Wildman–Crippen MR) is 89.2 cm³/mol. The fourth-order valence-corrected chi connectivity index (χ4v) is 2.38. The minimum absolute atomic E-state index is 0.0839. The first-order valence-corrected chi connectivity index (χ1v) is 7.20. The zero-order chi connectivity index (χ0) is 15.4. The molecule has 0 heterocycles. The summed E-state index contributed by atoms with van der Waals surface area (Å²) in [5.74, 6) is -0.0839. The number of amides is 1. The molecule has 2 rings (SSSR count). The Bertz CT molecular complexity index is 648. The maximum Gasteiger partial charge on any atom is 0.243 e. The van der Waals surface area contributed by atoms with Crippen LogP contribution in [-0.2, 0) is 4.79 Å². The Morgan fingerprint density at radius 3 is 2.38 bits per heavy atom. The van der Waals surface area contributed by atoms with Gasteiger partial charge in [-0.1, -0.05) is 23.7 Å². The van der Waals surface area contributed by atoms with Crippen molar-refractivity contribution in [2.75, 3.05) is 17.2 Å². The van der Waals surface area contributed by atoms with E-state index in [0.717, 1.165) is 28.1 Å². The summed E-state index contributed by atoms with van der Waals surface area (Å²) < 4.78 is 0. The summed E-state index contributed by atoms with van der Waals surface area (Å²) in [6, 6.07) is 11.6. The van der Waals surface area contributed by atoms with Gasteiger partial charge >= 0.3 is 0 Å². The van der Waals surface area contributed by atoms with Crippen LogP contribution in [-0.4, -0.2) is 12.5 Å². The average Bonchev–Trinajstić information content (AvgIpc) is 2.38. The Kier molecular flexibility index (Phi) is 4.86. The lowest BCUT2D eigenvalue weighted by molar-refractivity contribution is -0.114. The minimum Gasteiger partial charge on any atom is -0.376 e. The normalized spacial score (nSPS) is 10.3. The van der Waals surface area contributed by atoms with Crippen LogP contribution in [0.2, 0.25) is 5.02 Å². The first-order valence-electron chi connectivity index (χ1n) is 6.82. The van der Waals surface area contributed by atoms with Gasteiger partial charge < -0.3 is 10.6 Å². The van der Waals surface area contributed by atoms with E-state index < -0.39 is 0 Å². The Balaban J connectivity index is 1.97. The van der Waals surface area contributed by atoms with Crippen molar-refractivity contribution in [2.24, 2.45) is 0 Å². The molecule has 0 unspecified atom stereocenters. The molecule has 0 fully saturated rings. The fourth-order valence-electron chi connectivity index (χ4n) is 2.21. The van der Waals surface area contributed by atoms with Crippen molar-refractivity contribution < 1.29 is 4.79 Å². The van der Waals surface area contributed by atoms with Crippen molar-refractivity contribution >= 4 is 28.9 Å². The highest BCUT2D eigenvalue weighted by Gasteiger charge is 2.05. The fraction of sp³-hybridized carbons (Fsp3) is 0.235. The molecular weight excluding hydrogens is 284 g/mol. The lowest BCUT2D eigenvalue weighted by Gasteiger charge is -2.11. The molecule has 2 aromatic rings. The third-order valence-electron chi connectivity index (χ3n) is 3.14. The first kappa shape index (κ1) is 15.4. The molecular formula is C17H19ClN2O. The van der Waals surface area contributed by atoms with Crippen LogP contribution in [0, 0.1) is 20.8 Å². The molecule has 0 radical (unpaired) electrons. The monoisotopic (exact) mass is 302 g/mol. The van der Waals surface area contributed by atoms with E-state index in [1.54, 1.807) is 0 Å². The number of carbonyl (C=O) groups excluding carboxylic acids is 1. The first-order chi connectivity index (χ1) is 9.94. The van der Waals surface area contributed by atoms with Crippen molar-refractivity contribution in [3.8, 4) is 0 Å². The van der Waals surface area contributed by atoms with Gasteiger partial charge in [0.1, 0.15) is 0 Å². The molecule has 0 saturated carbocycles. The number of nitrogens with one attached hydrogen (secondary N) is 2. The largest absolute Gasteiger partial charge is 0.376 e. The quantitative estimate of drug-likeness (QED) is 0.883. The number of benzene rings is 2. The van der Waals surface area contributed by atoms with Crippen molar-refractivity contribution in [1.82, 2.24) is 0 Å². The summed E-state index contributed by atoms with van der Waals surface area (Å²) in [7, 11) is 0. The zero-order valence-corrected chi connectivity index (χ0v) is 13.2. The highest BCUT2D eigenvalue weighted by Crippen LogP contribution is 2.20. The predicted octanol–water partition coefficient (Wildman–Crippen LogP) is 4.32. The molecule has 0 aliphatic heterocycles. The van der Waals surface area contributed by atoms with Crippen LogP contribution >= 0.6 is 11.6 Å². The van der Waals surface area contributed by atoms with E-state index in [-0.39, 0.29) is 12.5 Å². The molecule has 0 aromatic heterocycles. The molecule has 3 nitrogen and oxygen atoms in total. The summed E-state index contributed by atoms with van der Waals surface area (Å²) in [5, 5.41) is 6.65. The summed E-state index contributed by atoms with van der Waals surface area (Å²) in [6.45, 7) is 6.20. The molecule has 2 N–H and O–H groups in total. The second kappa shape index (κ2) is 6.64. The average molecular weight is 303 g/mol. The Hall–Kier alpha value is -2.00. The standard InChI is InChI=1S/C17H19ClN2O/c1-11-6-12(2)8-15(7-11)20-17(21)10-19-16-9-14(18)5-4-13(16)3/h4-9,19H,10H2,1-3H3,(H,20,21). The maximum atomic E-state index is 12.0. The number of carbonyl (C=O) groups is 1. The van der Waals surface area contributed by atoms with Crippen LogP contribution < -0.4 is 10.6 Å². The number of rotatable bonds is 4. The van der Waals surface area contributed by atoms with E-state index in [2.05, 4.69) is 16.7 Å². The van der Waals surface area contributed by atoms with Crippen molar-refractivity contribution in [3.63, 3.8) is 0 Å². The summed E-state index contributed by atoms with van der Waals surface area (Å²) in [6.07, 6.45) is 0. The number of hydrogen-bond acceptors (Lipinski definition) is 2. The third-order valence-corrected chi connectivity index (χ3v) is 3.38. The molecule has 21 heavy (non-hydrogen) atoms. The Morgan fingerprint density at radius 2 is 1.71 bits per heavy atom. The van der Waals surface area contributed by atoms with Gasteiger partial charge in [-0.2, -0.15) is 0 Å². The van der Waals surface area contributed by atoms with Crippen LogP contribution in [0.3, 0.4) is 0 Å². The minimum atomic E-state index is -0.0839. The molecule has 1 amide bonds. The van der Waals surface area contributed by atoms with Gasteiger partial charge in [0.2, 0.25) is 5.91 Å². The van der Waals surface area contributed by atoms with E-state index in [4.69, 9.17) is 11.6 Å². The van der Waals surface area contributed by atoms with Crippen LogP contribution in [0.4, 0.5) is 11.4 Å².